The lowest BCUT2D eigenvalue weighted by Gasteiger charge is -2.31. The fourth-order valence-electron chi connectivity index (χ4n) is 1.79. The minimum Gasteiger partial charge on any atom is -0.329 e. The molecule has 1 aromatic heterocycles. The number of nitrogens with zero attached hydrogens (tertiary/aromatic N) is 3. The summed E-state index contributed by atoms with van der Waals surface area (Å²) in [6, 6.07) is 0.248. The van der Waals surface area contributed by atoms with Crippen molar-refractivity contribution in [2.75, 3.05) is 20.1 Å². The second-order valence-electron chi connectivity index (χ2n) is 3.37. The van der Waals surface area contributed by atoms with Gasteiger partial charge in [-0.3, -0.25) is 14.9 Å². The highest BCUT2D eigenvalue weighted by atomic mass is 15.2. The first-order valence-electron chi connectivity index (χ1n) is 4.53. The first-order valence-corrected chi connectivity index (χ1v) is 4.53. The van der Waals surface area contributed by atoms with Gasteiger partial charge in [0.25, 0.3) is 0 Å². The summed E-state index contributed by atoms with van der Waals surface area (Å²) in [5.41, 5.74) is 7.86. The molecule has 2 heterocycles. The summed E-state index contributed by atoms with van der Waals surface area (Å²) in [5, 5.41) is 0. The molecule has 0 radical (unpaired) electrons. The van der Waals surface area contributed by atoms with Gasteiger partial charge in [0.05, 0.1) is 17.4 Å². The molecule has 2 rings (SSSR count). The van der Waals surface area contributed by atoms with E-state index in [0.717, 1.165) is 24.4 Å². The van der Waals surface area contributed by atoms with E-state index < -0.39 is 0 Å². The van der Waals surface area contributed by atoms with E-state index in [9.17, 15) is 0 Å². The summed E-state index contributed by atoms with van der Waals surface area (Å²) in [6.45, 7) is 1.63. The molecule has 4 heteroatoms. The predicted octanol–water partition coefficient (Wildman–Crippen LogP) is -0.0357. The molecule has 0 aromatic carbocycles. The molecule has 0 amide bonds. The van der Waals surface area contributed by atoms with Crippen molar-refractivity contribution in [3.63, 3.8) is 0 Å². The quantitative estimate of drug-likeness (QED) is 0.656. The summed E-state index contributed by atoms with van der Waals surface area (Å²) < 4.78 is 0. The topological polar surface area (TPSA) is 55.0 Å². The molecular formula is C9H14N4. The van der Waals surface area contributed by atoms with E-state index in [1.54, 1.807) is 12.4 Å². The highest BCUT2D eigenvalue weighted by Gasteiger charge is 2.24. The van der Waals surface area contributed by atoms with Crippen LogP contribution in [0.5, 0.6) is 0 Å². The molecule has 0 fully saturated rings. The third kappa shape index (κ3) is 1.43. The summed E-state index contributed by atoms with van der Waals surface area (Å²) in [5.74, 6) is 0. The molecule has 0 saturated carbocycles. The maximum Gasteiger partial charge on any atom is 0.0803 e. The molecule has 1 unspecified atom stereocenters. The van der Waals surface area contributed by atoms with Gasteiger partial charge in [-0.2, -0.15) is 0 Å². The third-order valence-electron chi connectivity index (χ3n) is 2.58. The van der Waals surface area contributed by atoms with Gasteiger partial charge in [-0.25, -0.2) is 0 Å². The molecule has 0 aliphatic carbocycles. The Bertz CT molecular complexity index is 299. The van der Waals surface area contributed by atoms with Crippen molar-refractivity contribution < 1.29 is 0 Å². The third-order valence-corrected chi connectivity index (χ3v) is 2.58. The van der Waals surface area contributed by atoms with Crippen LogP contribution in [-0.4, -0.2) is 35.0 Å². The predicted molar refractivity (Wildman–Crippen MR) is 50.2 cm³/mol. The Kier molecular flexibility index (Phi) is 2.24. The molecule has 1 aliphatic heterocycles. The Morgan fingerprint density at radius 3 is 3.08 bits per heavy atom. The molecule has 0 spiro atoms. The summed E-state index contributed by atoms with van der Waals surface area (Å²) in [6.07, 6.45) is 4.47. The average Bonchev–Trinajstić information content (AvgIpc) is 2.18. The van der Waals surface area contributed by atoms with E-state index in [1.165, 1.54) is 0 Å². The van der Waals surface area contributed by atoms with Gasteiger partial charge in [0.15, 0.2) is 0 Å². The second kappa shape index (κ2) is 3.40. The Morgan fingerprint density at radius 1 is 1.54 bits per heavy atom. The van der Waals surface area contributed by atoms with Gasteiger partial charge in [0, 0.05) is 31.9 Å². The number of likely N-dealkylation sites (N-methyl/N-ethyl adjacent to an activating group) is 1. The zero-order chi connectivity index (χ0) is 9.26. The van der Waals surface area contributed by atoms with Crippen molar-refractivity contribution in [3.05, 3.63) is 23.8 Å². The van der Waals surface area contributed by atoms with Gasteiger partial charge >= 0.3 is 0 Å². The first kappa shape index (κ1) is 8.59. The van der Waals surface area contributed by atoms with Crippen molar-refractivity contribution in [1.82, 2.24) is 14.9 Å². The molecule has 1 aliphatic rings. The van der Waals surface area contributed by atoms with E-state index >= 15 is 0 Å². The van der Waals surface area contributed by atoms with E-state index in [0.29, 0.717) is 6.54 Å². The van der Waals surface area contributed by atoms with Gasteiger partial charge in [-0.15, -0.1) is 0 Å². The molecule has 2 N–H and O–H groups in total. The van der Waals surface area contributed by atoms with Crippen LogP contribution in [0, 0.1) is 0 Å². The van der Waals surface area contributed by atoms with E-state index in [-0.39, 0.29) is 6.04 Å². The minimum atomic E-state index is 0.248. The summed E-state index contributed by atoms with van der Waals surface area (Å²) in [4.78, 5) is 10.9. The Labute approximate surface area is 77.8 Å². The lowest BCUT2D eigenvalue weighted by molar-refractivity contribution is 0.228. The zero-order valence-electron chi connectivity index (χ0n) is 7.77. The fourth-order valence-corrected chi connectivity index (χ4v) is 1.79. The normalized spacial score (nSPS) is 22.8. The Hall–Kier alpha value is -1.00. The van der Waals surface area contributed by atoms with Crippen LogP contribution in [0.25, 0.3) is 0 Å². The Morgan fingerprint density at radius 2 is 2.31 bits per heavy atom. The minimum absolute atomic E-state index is 0.248. The van der Waals surface area contributed by atoms with Crippen molar-refractivity contribution in [2.24, 2.45) is 5.73 Å². The maximum atomic E-state index is 5.70. The van der Waals surface area contributed by atoms with Crippen molar-refractivity contribution in [2.45, 2.75) is 12.5 Å². The van der Waals surface area contributed by atoms with E-state index in [1.807, 2.05) is 0 Å². The summed E-state index contributed by atoms with van der Waals surface area (Å²) >= 11 is 0. The monoisotopic (exact) mass is 178 g/mol. The zero-order valence-corrected chi connectivity index (χ0v) is 7.77. The molecule has 70 valence electrons. The largest absolute Gasteiger partial charge is 0.329 e. The van der Waals surface area contributed by atoms with Gasteiger partial charge in [-0.1, -0.05) is 0 Å². The Balaban J connectivity index is 2.39. The van der Waals surface area contributed by atoms with Crippen LogP contribution < -0.4 is 5.73 Å². The number of rotatable bonds is 1. The maximum absolute atomic E-state index is 5.70. The average molecular weight is 178 g/mol. The molecule has 1 atom stereocenters. The number of aromatic nitrogens is 2. The van der Waals surface area contributed by atoms with Crippen LogP contribution in [0.1, 0.15) is 17.4 Å². The highest BCUT2D eigenvalue weighted by Crippen LogP contribution is 2.23. The molecule has 4 nitrogen and oxygen atoms in total. The van der Waals surface area contributed by atoms with Gasteiger partial charge in [-0.05, 0) is 7.05 Å². The van der Waals surface area contributed by atoms with Crippen molar-refractivity contribution in [1.29, 1.82) is 0 Å². The van der Waals surface area contributed by atoms with Crippen LogP contribution in [0.2, 0.25) is 0 Å². The highest BCUT2D eigenvalue weighted by molar-refractivity contribution is 5.19. The lowest BCUT2D eigenvalue weighted by atomic mass is 10.0. The van der Waals surface area contributed by atoms with Crippen molar-refractivity contribution in [3.8, 4) is 0 Å². The number of nitrogens with two attached hydrogens (primary N) is 1. The number of hydrogen-bond donors (Lipinski definition) is 1. The van der Waals surface area contributed by atoms with Crippen LogP contribution in [0.3, 0.4) is 0 Å². The molecule has 0 bridgehead atoms. The van der Waals surface area contributed by atoms with Crippen LogP contribution in [0.4, 0.5) is 0 Å². The van der Waals surface area contributed by atoms with Crippen LogP contribution in [0.15, 0.2) is 12.4 Å². The molecule has 1 aromatic rings. The molecule has 13 heavy (non-hydrogen) atoms. The lowest BCUT2D eigenvalue weighted by Crippen LogP contribution is -2.37. The summed E-state index contributed by atoms with van der Waals surface area (Å²) in [7, 11) is 2.08. The fraction of sp³-hybridized carbons (Fsp3) is 0.556. The molecule has 0 saturated heterocycles. The SMILES string of the molecule is CN1CCc2nccnc2C1CN. The number of fused-ring (bicyclic) bond motifs is 1. The second-order valence-corrected chi connectivity index (χ2v) is 3.37. The van der Waals surface area contributed by atoms with E-state index in [2.05, 4.69) is 21.9 Å². The van der Waals surface area contributed by atoms with Gasteiger partial charge < -0.3 is 5.73 Å². The van der Waals surface area contributed by atoms with Gasteiger partial charge in [0.2, 0.25) is 0 Å². The van der Waals surface area contributed by atoms with E-state index in [4.69, 9.17) is 5.73 Å². The van der Waals surface area contributed by atoms with Crippen LogP contribution >= 0.6 is 0 Å². The number of hydrogen-bond acceptors (Lipinski definition) is 4. The molecular weight excluding hydrogens is 164 g/mol. The smallest absolute Gasteiger partial charge is 0.0803 e. The van der Waals surface area contributed by atoms with Crippen molar-refractivity contribution >= 4 is 0 Å². The van der Waals surface area contributed by atoms with Crippen LogP contribution in [-0.2, 0) is 6.42 Å². The standard InChI is InChI=1S/C9H14N4/c1-13-5-2-7-9(8(13)6-10)12-4-3-11-7/h3-4,8H,2,5-6,10H2,1H3. The van der Waals surface area contributed by atoms with Gasteiger partial charge in [0.1, 0.15) is 0 Å². The first-order chi connectivity index (χ1) is 6.33.